The van der Waals surface area contributed by atoms with Crippen LogP contribution in [0.3, 0.4) is 0 Å². The van der Waals surface area contributed by atoms with Crippen LogP contribution in [0.15, 0.2) is 35.1 Å². The summed E-state index contributed by atoms with van der Waals surface area (Å²) in [5, 5.41) is 10.2. The fourth-order valence-corrected chi connectivity index (χ4v) is 3.23. The highest BCUT2D eigenvalue weighted by atomic mass is 16.6. The molecule has 0 spiro atoms. The second-order valence-corrected chi connectivity index (χ2v) is 6.96. The Bertz CT molecular complexity index is 773. The zero-order valence-corrected chi connectivity index (χ0v) is 17.5. The molecule has 28 heavy (non-hydrogen) atoms. The predicted octanol–water partition coefficient (Wildman–Crippen LogP) is 3.87. The molecule has 154 valence electrons. The lowest BCUT2D eigenvalue weighted by Crippen LogP contribution is -2.17. The molecule has 2 rings (SSSR count). The standard InChI is InChI=1S/C22H30O6/c1-7-27-22(24)18(12-28-21(23)14(4)13(2)3)16-9-8-15-10-19(25-5)20(26-6)11-17(15)16/h10-12,16,21,23H,7-9H2,1-6H3/b18-12+. The minimum absolute atomic E-state index is 0.201. The quantitative estimate of drug-likeness (QED) is 0.239. The van der Waals surface area contributed by atoms with Gasteiger partial charge >= 0.3 is 5.97 Å². The molecule has 0 fully saturated rings. The summed E-state index contributed by atoms with van der Waals surface area (Å²) in [6, 6.07) is 3.84. The lowest BCUT2D eigenvalue weighted by molar-refractivity contribution is -0.139. The third-order valence-corrected chi connectivity index (χ3v) is 5.09. The molecule has 6 heteroatoms. The normalized spacial score (nSPS) is 16.8. The van der Waals surface area contributed by atoms with Gasteiger partial charge in [-0.3, -0.25) is 0 Å². The van der Waals surface area contributed by atoms with Crippen molar-refractivity contribution in [1.29, 1.82) is 0 Å². The molecule has 1 aromatic carbocycles. The Morgan fingerprint density at radius 2 is 1.86 bits per heavy atom. The van der Waals surface area contributed by atoms with Crippen LogP contribution < -0.4 is 9.47 Å². The van der Waals surface area contributed by atoms with Crippen LogP contribution in [-0.2, 0) is 20.7 Å². The Hall–Kier alpha value is -2.47. The summed E-state index contributed by atoms with van der Waals surface area (Å²) < 4.78 is 21.5. The van der Waals surface area contributed by atoms with Crippen molar-refractivity contribution in [3.05, 3.63) is 46.2 Å². The molecule has 0 radical (unpaired) electrons. The molecule has 0 bridgehead atoms. The summed E-state index contributed by atoms with van der Waals surface area (Å²) in [5.41, 5.74) is 4.13. The van der Waals surface area contributed by atoms with Gasteiger partial charge in [-0.15, -0.1) is 0 Å². The minimum Gasteiger partial charge on any atom is -0.493 e. The molecule has 0 saturated carbocycles. The number of aliphatic hydroxyl groups is 1. The molecule has 1 N–H and O–H groups in total. The molecule has 2 unspecified atom stereocenters. The molecule has 2 atom stereocenters. The van der Waals surface area contributed by atoms with Gasteiger partial charge in [0.15, 0.2) is 11.5 Å². The van der Waals surface area contributed by atoms with Crippen LogP contribution >= 0.6 is 0 Å². The van der Waals surface area contributed by atoms with Crippen molar-refractivity contribution in [3.63, 3.8) is 0 Å². The summed E-state index contributed by atoms with van der Waals surface area (Å²) in [6.07, 6.45) is 1.76. The molecule has 6 nitrogen and oxygen atoms in total. The van der Waals surface area contributed by atoms with Crippen molar-refractivity contribution < 1.29 is 28.8 Å². The topological polar surface area (TPSA) is 74.2 Å². The van der Waals surface area contributed by atoms with E-state index < -0.39 is 12.3 Å². The van der Waals surface area contributed by atoms with Crippen LogP contribution in [0.25, 0.3) is 0 Å². The first-order valence-electron chi connectivity index (χ1n) is 9.43. The van der Waals surface area contributed by atoms with E-state index in [2.05, 4.69) is 0 Å². The monoisotopic (exact) mass is 390 g/mol. The van der Waals surface area contributed by atoms with Gasteiger partial charge in [0.05, 0.1) is 32.7 Å². The summed E-state index contributed by atoms with van der Waals surface area (Å²) in [7, 11) is 3.18. The van der Waals surface area contributed by atoms with Gasteiger partial charge < -0.3 is 24.1 Å². The number of fused-ring (bicyclic) bond motifs is 1. The second kappa shape index (κ2) is 9.64. The summed E-state index contributed by atoms with van der Waals surface area (Å²) in [4.78, 5) is 12.6. The molecule has 1 aromatic rings. The highest BCUT2D eigenvalue weighted by Gasteiger charge is 2.32. The Balaban J connectivity index is 2.40. The average Bonchev–Trinajstić information content (AvgIpc) is 3.08. The maximum atomic E-state index is 12.6. The second-order valence-electron chi connectivity index (χ2n) is 6.96. The van der Waals surface area contributed by atoms with Gasteiger partial charge in [-0.1, -0.05) is 5.57 Å². The Labute approximate surface area is 166 Å². The largest absolute Gasteiger partial charge is 0.493 e. The first-order chi connectivity index (χ1) is 13.3. The molecule has 0 aromatic heterocycles. The van der Waals surface area contributed by atoms with Crippen molar-refractivity contribution in [2.45, 2.75) is 52.7 Å². The van der Waals surface area contributed by atoms with Gasteiger partial charge in [-0.25, -0.2) is 4.79 Å². The van der Waals surface area contributed by atoms with Crippen LogP contribution in [0, 0.1) is 0 Å². The number of esters is 1. The highest BCUT2D eigenvalue weighted by Crippen LogP contribution is 2.43. The van der Waals surface area contributed by atoms with Crippen LogP contribution in [0.2, 0.25) is 0 Å². The lowest BCUT2D eigenvalue weighted by Gasteiger charge is -2.19. The van der Waals surface area contributed by atoms with E-state index in [9.17, 15) is 9.90 Å². The lowest BCUT2D eigenvalue weighted by atomic mass is 9.93. The fraction of sp³-hybridized carbons (Fsp3) is 0.500. The smallest absolute Gasteiger partial charge is 0.337 e. The van der Waals surface area contributed by atoms with E-state index in [1.165, 1.54) is 6.26 Å². The number of carbonyl (C=O) groups is 1. The van der Waals surface area contributed by atoms with E-state index >= 15 is 0 Å². The number of carbonyl (C=O) groups excluding carboxylic acids is 1. The maximum Gasteiger partial charge on any atom is 0.337 e. The molecule has 1 aliphatic carbocycles. The molecule has 1 aliphatic rings. The first-order valence-corrected chi connectivity index (χ1v) is 9.43. The molecule has 0 saturated heterocycles. The minimum atomic E-state index is -1.11. The average molecular weight is 390 g/mol. The number of rotatable bonds is 8. The zero-order valence-electron chi connectivity index (χ0n) is 17.5. The predicted molar refractivity (Wildman–Crippen MR) is 106 cm³/mol. The Morgan fingerprint density at radius 1 is 1.21 bits per heavy atom. The van der Waals surface area contributed by atoms with Crippen molar-refractivity contribution >= 4 is 5.97 Å². The number of methoxy groups -OCH3 is 2. The number of aryl methyl sites for hydroxylation is 1. The van der Waals surface area contributed by atoms with Crippen molar-refractivity contribution in [3.8, 4) is 11.5 Å². The van der Waals surface area contributed by atoms with Gasteiger partial charge in [-0.2, -0.15) is 0 Å². The number of benzene rings is 1. The molecule has 0 aliphatic heterocycles. The number of hydrogen-bond donors (Lipinski definition) is 1. The SMILES string of the molecule is CCOC(=O)/C(=C/OC(O)C(C)=C(C)C)C1CCc2cc(OC)c(OC)cc21. The van der Waals surface area contributed by atoms with Crippen LogP contribution in [0.5, 0.6) is 11.5 Å². The van der Waals surface area contributed by atoms with Gasteiger partial charge in [-0.05, 0) is 69.4 Å². The molecule has 0 heterocycles. The van der Waals surface area contributed by atoms with Gasteiger partial charge in [0.1, 0.15) is 0 Å². The van der Waals surface area contributed by atoms with Crippen molar-refractivity contribution in [2.75, 3.05) is 20.8 Å². The third kappa shape index (κ3) is 4.68. The number of ether oxygens (including phenoxy) is 4. The maximum absolute atomic E-state index is 12.6. The van der Waals surface area contributed by atoms with E-state index in [-0.39, 0.29) is 12.5 Å². The molecule has 0 amide bonds. The Morgan fingerprint density at radius 3 is 2.43 bits per heavy atom. The van der Waals surface area contributed by atoms with Crippen LogP contribution in [0.1, 0.15) is 51.2 Å². The highest BCUT2D eigenvalue weighted by molar-refractivity contribution is 5.90. The van der Waals surface area contributed by atoms with Gasteiger partial charge in [0.25, 0.3) is 0 Å². The molecular formula is C22H30O6. The molecular weight excluding hydrogens is 360 g/mol. The van der Waals surface area contributed by atoms with Crippen molar-refractivity contribution in [2.24, 2.45) is 0 Å². The number of hydrogen-bond acceptors (Lipinski definition) is 6. The van der Waals surface area contributed by atoms with Crippen molar-refractivity contribution in [1.82, 2.24) is 0 Å². The fourth-order valence-electron chi connectivity index (χ4n) is 3.23. The Kier molecular flexibility index (Phi) is 7.52. The van der Waals surface area contributed by atoms with E-state index in [1.807, 2.05) is 26.0 Å². The van der Waals surface area contributed by atoms with Crippen LogP contribution in [-0.4, -0.2) is 38.2 Å². The van der Waals surface area contributed by atoms with E-state index in [0.717, 1.165) is 29.5 Å². The summed E-state index contributed by atoms with van der Waals surface area (Å²) in [6.45, 7) is 7.60. The zero-order chi connectivity index (χ0) is 20.8. The van der Waals surface area contributed by atoms with E-state index in [1.54, 1.807) is 28.1 Å². The van der Waals surface area contributed by atoms with Gasteiger partial charge in [0.2, 0.25) is 6.29 Å². The van der Waals surface area contributed by atoms with Crippen LogP contribution in [0.4, 0.5) is 0 Å². The number of aliphatic hydroxyl groups excluding tert-OH is 1. The summed E-state index contributed by atoms with van der Waals surface area (Å²) >= 11 is 0. The third-order valence-electron chi connectivity index (χ3n) is 5.09. The number of allylic oxidation sites excluding steroid dienone is 1. The van der Waals surface area contributed by atoms with E-state index in [0.29, 0.717) is 22.6 Å². The van der Waals surface area contributed by atoms with E-state index in [4.69, 9.17) is 18.9 Å². The summed E-state index contributed by atoms with van der Waals surface area (Å²) in [5.74, 6) is 0.623. The van der Waals surface area contributed by atoms with Gasteiger partial charge in [0, 0.05) is 5.92 Å². The first kappa shape index (κ1) is 21.8.